The van der Waals surface area contributed by atoms with Crippen LogP contribution in [0.15, 0.2) is 21.7 Å². The van der Waals surface area contributed by atoms with Gasteiger partial charge in [-0.3, -0.25) is 19.3 Å². The first-order valence-electron chi connectivity index (χ1n) is 8.04. The van der Waals surface area contributed by atoms with E-state index < -0.39 is 10.0 Å². The Morgan fingerprint density at radius 1 is 1.08 bits per heavy atom. The van der Waals surface area contributed by atoms with Gasteiger partial charge in [0, 0.05) is 52.0 Å². The number of thiophene rings is 1. The van der Waals surface area contributed by atoms with Crippen LogP contribution in [0.25, 0.3) is 0 Å². The fourth-order valence-corrected chi connectivity index (χ4v) is 5.52. The molecule has 1 aromatic rings. The van der Waals surface area contributed by atoms with E-state index in [2.05, 4.69) is 0 Å². The normalized spacial score (nSPS) is 19.7. The maximum atomic E-state index is 12.4. The molecule has 2 saturated heterocycles. The Balaban J connectivity index is 1.51. The van der Waals surface area contributed by atoms with Crippen molar-refractivity contribution in [1.29, 1.82) is 0 Å². The molecule has 0 bridgehead atoms. The number of likely N-dealkylation sites (tertiary alicyclic amines) is 1. The highest BCUT2D eigenvalue weighted by atomic mass is 32.2. The summed E-state index contributed by atoms with van der Waals surface area (Å²) in [5, 5.41) is 1.72. The molecule has 3 heterocycles. The van der Waals surface area contributed by atoms with Crippen molar-refractivity contribution in [3.63, 3.8) is 0 Å². The highest BCUT2D eigenvalue weighted by Crippen LogP contribution is 2.22. The third-order valence-electron chi connectivity index (χ3n) is 4.38. The van der Waals surface area contributed by atoms with Gasteiger partial charge in [0.15, 0.2) is 0 Å². The minimum atomic E-state index is -3.49. The van der Waals surface area contributed by atoms with Crippen LogP contribution in [0.4, 0.5) is 0 Å². The first kappa shape index (κ1) is 18.0. The van der Waals surface area contributed by atoms with Crippen molar-refractivity contribution in [1.82, 2.24) is 14.1 Å². The molecule has 8 nitrogen and oxygen atoms in total. The molecule has 1 aromatic heterocycles. The number of carbonyl (C=O) groups excluding carboxylic acids is 3. The molecule has 25 heavy (non-hydrogen) atoms. The molecule has 0 spiro atoms. The van der Waals surface area contributed by atoms with E-state index in [0.717, 1.165) is 4.90 Å². The van der Waals surface area contributed by atoms with Gasteiger partial charge in [0.1, 0.15) is 4.21 Å². The number of piperazine rings is 1. The summed E-state index contributed by atoms with van der Waals surface area (Å²) in [6, 6.07) is 3.26. The molecule has 136 valence electrons. The quantitative estimate of drug-likeness (QED) is 0.671. The van der Waals surface area contributed by atoms with Crippen molar-refractivity contribution < 1.29 is 22.8 Å². The summed E-state index contributed by atoms with van der Waals surface area (Å²) in [6.07, 6.45) is 0.508. The summed E-state index contributed by atoms with van der Waals surface area (Å²) in [6.45, 7) is 1.21. The van der Waals surface area contributed by atoms with Crippen LogP contribution in [0.1, 0.15) is 19.3 Å². The van der Waals surface area contributed by atoms with Crippen LogP contribution in [0.5, 0.6) is 0 Å². The van der Waals surface area contributed by atoms with E-state index in [0.29, 0.717) is 17.3 Å². The van der Waals surface area contributed by atoms with Gasteiger partial charge in [0.05, 0.1) is 0 Å². The van der Waals surface area contributed by atoms with Gasteiger partial charge in [-0.15, -0.1) is 11.3 Å². The van der Waals surface area contributed by atoms with Crippen molar-refractivity contribution in [3.05, 3.63) is 17.5 Å². The minimum Gasteiger partial charge on any atom is -0.340 e. The first-order valence-corrected chi connectivity index (χ1v) is 10.4. The van der Waals surface area contributed by atoms with Gasteiger partial charge in [-0.25, -0.2) is 8.42 Å². The van der Waals surface area contributed by atoms with E-state index in [-0.39, 0.29) is 56.6 Å². The monoisotopic (exact) mass is 385 g/mol. The molecular weight excluding hydrogens is 366 g/mol. The molecule has 0 radical (unpaired) electrons. The number of hydrogen-bond acceptors (Lipinski definition) is 6. The zero-order chi connectivity index (χ0) is 18.0. The van der Waals surface area contributed by atoms with Crippen LogP contribution in [0.3, 0.4) is 0 Å². The average Bonchev–Trinajstić information content (AvgIpc) is 3.24. The van der Waals surface area contributed by atoms with Crippen molar-refractivity contribution >= 4 is 39.1 Å². The number of rotatable bonds is 5. The Hall–Kier alpha value is -1.78. The van der Waals surface area contributed by atoms with Crippen LogP contribution in [0.2, 0.25) is 0 Å². The molecule has 0 saturated carbocycles. The summed E-state index contributed by atoms with van der Waals surface area (Å²) in [5.74, 6) is -0.630. The predicted molar refractivity (Wildman–Crippen MR) is 90.2 cm³/mol. The lowest BCUT2D eigenvalue weighted by Gasteiger charge is -2.34. The van der Waals surface area contributed by atoms with Crippen LogP contribution >= 0.6 is 11.3 Å². The highest BCUT2D eigenvalue weighted by molar-refractivity contribution is 7.91. The van der Waals surface area contributed by atoms with Crippen molar-refractivity contribution in [2.45, 2.75) is 23.5 Å². The molecule has 3 rings (SSSR count). The summed E-state index contributed by atoms with van der Waals surface area (Å²) in [4.78, 5) is 38.1. The van der Waals surface area contributed by atoms with Gasteiger partial charge >= 0.3 is 0 Å². The molecule has 0 aromatic carbocycles. The molecule has 2 fully saturated rings. The smallest absolute Gasteiger partial charge is 0.252 e. The highest BCUT2D eigenvalue weighted by Gasteiger charge is 2.32. The molecule has 0 unspecified atom stereocenters. The summed E-state index contributed by atoms with van der Waals surface area (Å²) < 4.78 is 26.6. The Morgan fingerprint density at radius 2 is 1.72 bits per heavy atom. The van der Waals surface area contributed by atoms with Gasteiger partial charge in [-0.2, -0.15) is 4.31 Å². The molecule has 0 atom stereocenters. The van der Waals surface area contributed by atoms with Crippen LogP contribution in [-0.4, -0.2) is 73.0 Å². The van der Waals surface area contributed by atoms with Crippen LogP contribution in [0, 0.1) is 0 Å². The third kappa shape index (κ3) is 3.75. The van der Waals surface area contributed by atoms with Crippen LogP contribution in [-0.2, 0) is 24.4 Å². The molecule has 0 N–H and O–H groups in total. The molecule has 2 aliphatic heterocycles. The van der Waals surface area contributed by atoms with Gasteiger partial charge in [0.2, 0.25) is 17.7 Å². The zero-order valence-electron chi connectivity index (χ0n) is 13.6. The maximum absolute atomic E-state index is 12.4. The summed E-state index contributed by atoms with van der Waals surface area (Å²) in [5.41, 5.74) is 0. The number of amides is 3. The van der Waals surface area contributed by atoms with E-state index in [1.807, 2.05) is 0 Å². The lowest BCUT2D eigenvalue weighted by atomic mass is 10.3. The molecule has 0 aliphatic carbocycles. The minimum absolute atomic E-state index is 0.0785. The summed E-state index contributed by atoms with van der Waals surface area (Å²) in [7, 11) is -3.49. The predicted octanol–water partition coefficient (Wildman–Crippen LogP) is 0.120. The van der Waals surface area contributed by atoms with E-state index in [4.69, 9.17) is 0 Å². The number of imide groups is 1. The van der Waals surface area contributed by atoms with E-state index in [1.54, 1.807) is 22.4 Å². The molecule has 10 heteroatoms. The zero-order valence-corrected chi connectivity index (χ0v) is 15.2. The lowest BCUT2D eigenvalue weighted by Crippen LogP contribution is -2.50. The van der Waals surface area contributed by atoms with Crippen molar-refractivity contribution in [2.24, 2.45) is 0 Å². The Morgan fingerprint density at radius 3 is 2.28 bits per heavy atom. The Kier molecular flexibility index (Phi) is 5.21. The van der Waals surface area contributed by atoms with Crippen LogP contribution < -0.4 is 0 Å². The summed E-state index contributed by atoms with van der Waals surface area (Å²) >= 11 is 1.17. The number of sulfonamides is 1. The SMILES string of the molecule is O=C(CCN1C(=O)CCC1=O)N1CCN(S(=O)(=O)c2cccs2)CC1. The second-order valence-electron chi connectivity index (χ2n) is 5.91. The molecule has 2 aliphatic rings. The average molecular weight is 385 g/mol. The third-order valence-corrected chi connectivity index (χ3v) is 7.66. The number of carbonyl (C=O) groups is 3. The fraction of sp³-hybridized carbons (Fsp3) is 0.533. The first-order chi connectivity index (χ1) is 11.9. The second-order valence-corrected chi connectivity index (χ2v) is 9.02. The standard InChI is InChI=1S/C15H19N3O5S2/c19-12(5-6-18-13(20)3-4-14(18)21)16-7-9-17(10-8-16)25(22,23)15-2-1-11-24-15/h1-2,11H,3-10H2. The van der Waals surface area contributed by atoms with Gasteiger partial charge in [0.25, 0.3) is 10.0 Å². The fourth-order valence-electron chi connectivity index (χ4n) is 2.95. The van der Waals surface area contributed by atoms with Crippen molar-refractivity contribution in [3.8, 4) is 0 Å². The topological polar surface area (TPSA) is 95.1 Å². The maximum Gasteiger partial charge on any atom is 0.252 e. The molecular formula is C15H19N3O5S2. The van der Waals surface area contributed by atoms with E-state index in [1.165, 1.54) is 15.6 Å². The van der Waals surface area contributed by atoms with Crippen molar-refractivity contribution in [2.75, 3.05) is 32.7 Å². The lowest BCUT2D eigenvalue weighted by molar-refractivity contribution is -0.139. The van der Waals surface area contributed by atoms with Gasteiger partial charge < -0.3 is 4.90 Å². The second kappa shape index (κ2) is 7.22. The van der Waals surface area contributed by atoms with E-state index >= 15 is 0 Å². The Labute approximate surface area is 150 Å². The molecule has 3 amide bonds. The largest absolute Gasteiger partial charge is 0.340 e. The van der Waals surface area contributed by atoms with Gasteiger partial charge in [-0.1, -0.05) is 6.07 Å². The number of nitrogens with zero attached hydrogens (tertiary/aromatic N) is 3. The Bertz CT molecular complexity index is 751. The van der Waals surface area contributed by atoms with Gasteiger partial charge in [-0.05, 0) is 11.4 Å². The van der Waals surface area contributed by atoms with E-state index in [9.17, 15) is 22.8 Å². The number of hydrogen-bond donors (Lipinski definition) is 0.